The molecule has 0 N–H and O–H groups in total. The number of aryl methyl sites for hydroxylation is 1. The summed E-state index contributed by atoms with van der Waals surface area (Å²) in [6.45, 7) is 6.07. The molecule has 2 aromatic heterocycles. The molecule has 1 fully saturated rings. The van der Waals surface area contributed by atoms with Crippen LogP contribution in [0.2, 0.25) is 0 Å². The number of rotatable bonds is 4. The molecule has 9 heteroatoms. The van der Waals surface area contributed by atoms with Crippen molar-refractivity contribution in [2.24, 2.45) is 0 Å². The van der Waals surface area contributed by atoms with E-state index in [0.717, 1.165) is 11.6 Å². The summed E-state index contributed by atoms with van der Waals surface area (Å²) in [6, 6.07) is 3.87. The van der Waals surface area contributed by atoms with Gasteiger partial charge in [0.25, 0.3) is 5.56 Å². The minimum Gasteiger partial charge on any atom is -0.361 e. The van der Waals surface area contributed by atoms with Crippen molar-refractivity contribution in [2.45, 2.75) is 20.4 Å². The zero-order valence-electron chi connectivity index (χ0n) is 16.2. The molecule has 27 heavy (non-hydrogen) atoms. The number of anilines is 2. The Morgan fingerprint density at radius 2 is 1.81 bits per heavy atom. The molecular formula is C18H25N7O2. The number of carbonyl (C=O) groups excluding carboxylic acids is 1. The SMILES string of the molecule is Cc1ncn(CC(=O)N2CCN(c3ccc(N(C)C)nn3)CC2)c(=O)c1C. The number of piperazine rings is 1. The normalized spacial score (nSPS) is 14.4. The Morgan fingerprint density at radius 1 is 1.11 bits per heavy atom. The van der Waals surface area contributed by atoms with Crippen LogP contribution in [0, 0.1) is 13.8 Å². The van der Waals surface area contributed by atoms with Gasteiger partial charge in [-0.3, -0.25) is 14.2 Å². The smallest absolute Gasteiger partial charge is 0.256 e. The van der Waals surface area contributed by atoms with Crippen LogP contribution in [0.25, 0.3) is 0 Å². The fourth-order valence-electron chi connectivity index (χ4n) is 2.94. The van der Waals surface area contributed by atoms with Crippen LogP contribution >= 0.6 is 0 Å². The Morgan fingerprint density at radius 3 is 2.41 bits per heavy atom. The summed E-state index contributed by atoms with van der Waals surface area (Å²) in [5.74, 6) is 1.54. The summed E-state index contributed by atoms with van der Waals surface area (Å²) < 4.78 is 1.38. The zero-order valence-corrected chi connectivity index (χ0v) is 16.2. The molecular weight excluding hydrogens is 346 g/mol. The van der Waals surface area contributed by atoms with E-state index in [1.807, 2.05) is 31.1 Å². The molecule has 0 atom stereocenters. The van der Waals surface area contributed by atoms with Gasteiger partial charge in [0.15, 0.2) is 11.6 Å². The summed E-state index contributed by atoms with van der Waals surface area (Å²) in [7, 11) is 3.84. The van der Waals surface area contributed by atoms with Crippen LogP contribution in [-0.4, -0.2) is 70.8 Å². The fraction of sp³-hybridized carbons (Fsp3) is 0.500. The van der Waals surface area contributed by atoms with Gasteiger partial charge in [0, 0.05) is 51.5 Å². The summed E-state index contributed by atoms with van der Waals surface area (Å²) in [5, 5.41) is 8.46. The number of hydrogen-bond acceptors (Lipinski definition) is 7. The van der Waals surface area contributed by atoms with Crippen molar-refractivity contribution in [3.63, 3.8) is 0 Å². The van der Waals surface area contributed by atoms with E-state index < -0.39 is 0 Å². The first-order chi connectivity index (χ1) is 12.9. The van der Waals surface area contributed by atoms with Crippen LogP contribution in [0.15, 0.2) is 23.3 Å². The van der Waals surface area contributed by atoms with Gasteiger partial charge < -0.3 is 14.7 Å². The standard InChI is InChI=1S/C18H25N7O2/c1-13-14(2)19-12-25(18(13)27)11-17(26)24-9-7-23(8-10-24)16-6-5-15(20-21-16)22(3)4/h5-6,12H,7-11H2,1-4H3. The number of amides is 1. The molecule has 1 aliphatic rings. The van der Waals surface area contributed by atoms with Gasteiger partial charge in [-0.05, 0) is 26.0 Å². The Hall–Kier alpha value is -2.97. The van der Waals surface area contributed by atoms with E-state index in [2.05, 4.69) is 20.1 Å². The van der Waals surface area contributed by atoms with Crippen LogP contribution in [-0.2, 0) is 11.3 Å². The lowest BCUT2D eigenvalue weighted by Crippen LogP contribution is -2.50. The summed E-state index contributed by atoms with van der Waals surface area (Å²) >= 11 is 0. The van der Waals surface area contributed by atoms with E-state index in [-0.39, 0.29) is 18.0 Å². The second-order valence-electron chi connectivity index (χ2n) is 6.90. The van der Waals surface area contributed by atoms with Crippen molar-refractivity contribution in [1.82, 2.24) is 24.6 Å². The van der Waals surface area contributed by atoms with Gasteiger partial charge in [-0.25, -0.2) is 4.98 Å². The highest BCUT2D eigenvalue weighted by Gasteiger charge is 2.23. The quantitative estimate of drug-likeness (QED) is 0.751. The van der Waals surface area contributed by atoms with Gasteiger partial charge in [0.05, 0.1) is 6.33 Å². The molecule has 9 nitrogen and oxygen atoms in total. The van der Waals surface area contributed by atoms with Crippen LogP contribution in [0.1, 0.15) is 11.3 Å². The summed E-state index contributed by atoms with van der Waals surface area (Å²) in [6.07, 6.45) is 1.45. The van der Waals surface area contributed by atoms with Crippen LogP contribution in [0.3, 0.4) is 0 Å². The van der Waals surface area contributed by atoms with Crippen molar-refractivity contribution < 1.29 is 4.79 Å². The lowest BCUT2D eigenvalue weighted by atomic mass is 10.2. The van der Waals surface area contributed by atoms with E-state index in [4.69, 9.17) is 0 Å². The Labute approximate surface area is 158 Å². The average molecular weight is 371 g/mol. The van der Waals surface area contributed by atoms with Gasteiger partial charge in [0.2, 0.25) is 5.91 Å². The molecule has 3 rings (SSSR count). The molecule has 0 radical (unpaired) electrons. The predicted octanol–water partition coefficient (Wildman–Crippen LogP) is 0.0649. The number of aromatic nitrogens is 4. The first-order valence-electron chi connectivity index (χ1n) is 8.93. The van der Waals surface area contributed by atoms with Crippen molar-refractivity contribution in [1.29, 1.82) is 0 Å². The number of carbonyl (C=O) groups is 1. The largest absolute Gasteiger partial charge is 0.361 e. The minimum absolute atomic E-state index is 0.0181. The highest BCUT2D eigenvalue weighted by atomic mass is 16.2. The fourth-order valence-corrected chi connectivity index (χ4v) is 2.94. The van der Waals surface area contributed by atoms with Crippen molar-refractivity contribution in [2.75, 3.05) is 50.1 Å². The number of nitrogens with zero attached hydrogens (tertiary/aromatic N) is 7. The third-order valence-electron chi connectivity index (χ3n) is 4.87. The summed E-state index contributed by atoms with van der Waals surface area (Å²) in [5.41, 5.74) is 1.11. The Bertz CT molecular complexity index is 868. The lowest BCUT2D eigenvalue weighted by Gasteiger charge is -2.35. The van der Waals surface area contributed by atoms with Gasteiger partial charge in [-0.15, -0.1) is 10.2 Å². The van der Waals surface area contributed by atoms with E-state index in [0.29, 0.717) is 37.4 Å². The van der Waals surface area contributed by atoms with E-state index in [1.54, 1.807) is 18.7 Å². The monoisotopic (exact) mass is 371 g/mol. The second kappa shape index (κ2) is 7.73. The molecule has 1 amide bonds. The Balaban J connectivity index is 1.59. The first kappa shape index (κ1) is 18.8. The third kappa shape index (κ3) is 4.07. The van der Waals surface area contributed by atoms with Crippen LogP contribution in [0.5, 0.6) is 0 Å². The maximum Gasteiger partial charge on any atom is 0.256 e. The van der Waals surface area contributed by atoms with Gasteiger partial charge in [0.1, 0.15) is 6.54 Å². The van der Waals surface area contributed by atoms with E-state index in [1.165, 1.54) is 10.9 Å². The van der Waals surface area contributed by atoms with Crippen molar-refractivity contribution in [3.8, 4) is 0 Å². The molecule has 0 bridgehead atoms. The molecule has 3 heterocycles. The second-order valence-corrected chi connectivity index (χ2v) is 6.90. The lowest BCUT2D eigenvalue weighted by molar-refractivity contribution is -0.132. The molecule has 0 aromatic carbocycles. The molecule has 0 saturated carbocycles. The average Bonchev–Trinajstić information content (AvgIpc) is 2.68. The molecule has 1 saturated heterocycles. The molecule has 2 aromatic rings. The minimum atomic E-state index is -0.161. The zero-order chi connectivity index (χ0) is 19.6. The maximum atomic E-state index is 12.6. The molecule has 0 aliphatic carbocycles. The van der Waals surface area contributed by atoms with E-state index in [9.17, 15) is 9.59 Å². The Kier molecular flexibility index (Phi) is 5.38. The van der Waals surface area contributed by atoms with E-state index >= 15 is 0 Å². The number of hydrogen-bond donors (Lipinski definition) is 0. The first-order valence-corrected chi connectivity index (χ1v) is 8.93. The topological polar surface area (TPSA) is 87.5 Å². The highest BCUT2D eigenvalue weighted by Crippen LogP contribution is 2.15. The third-order valence-corrected chi connectivity index (χ3v) is 4.87. The highest BCUT2D eigenvalue weighted by molar-refractivity contribution is 5.76. The predicted molar refractivity (Wildman–Crippen MR) is 103 cm³/mol. The van der Waals surface area contributed by atoms with Gasteiger partial charge in [-0.2, -0.15) is 0 Å². The van der Waals surface area contributed by atoms with Gasteiger partial charge >= 0.3 is 0 Å². The van der Waals surface area contributed by atoms with Crippen LogP contribution < -0.4 is 15.4 Å². The molecule has 1 aliphatic heterocycles. The maximum absolute atomic E-state index is 12.6. The van der Waals surface area contributed by atoms with Crippen molar-refractivity contribution >= 4 is 17.5 Å². The van der Waals surface area contributed by atoms with Crippen molar-refractivity contribution in [3.05, 3.63) is 40.1 Å². The van der Waals surface area contributed by atoms with Crippen LogP contribution in [0.4, 0.5) is 11.6 Å². The summed E-state index contributed by atoms with van der Waals surface area (Å²) in [4.78, 5) is 34.8. The molecule has 0 unspecified atom stereocenters. The molecule has 0 spiro atoms. The molecule has 144 valence electrons. The van der Waals surface area contributed by atoms with Gasteiger partial charge in [-0.1, -0.05) is 0 Å².